The van der Waals surface area contributed by atoms with E-state index < -0.39 is 5.82 Å². The molecule has 1 fully saturated rings. The van der Waals surface area contributed by atoms with Gasteiger partial charge in [-0.05, 0) is 43.3 Å². The van der Waals surface area contributed by atoms with Crippen molar-refractivity contribution >= 4 is 17.5 Å². The van der Waals surface area contributed by atoms with Crippen LogP contribution in [0.1, 0.15) is 22.3 Å². The molecule has 2 N–H and O–H groups in total. The van der Waals surface area contributed by atoms with E-state index in [2.05, 4.69) is 20.7 Å². The molecule has 188 valence electrons. The number of nitrogens with one attached hydrogen (secondary N) is 2. The molecule has 0 unspecified atom stereocenters. The van der Waals surface area contributed by atoms with E-state index in [1.165, 1.54) is 19.4 Å². The molecule has 1 amide bonds. The number of rotatable bonds is 6. The number of anilines is 2. The fraction of sp³-hybridized carbons (Fsp3) is 0.259. The SMILES string of the molecule is COc1cccc(F)c1-c1nccc2c1CN(c1ccc(-c3cnn(C)c3)c(N[C@@H]3CCNC3)n1)C2=O. The Bertz CT molecular complexity index is 1500. The summed E-state index contributed by atoms with van der Waals surface area (Å²) in [6, 6.07) is 10.3. The number of ether oxygens (including phenoxy) is 1. The molecule has 0 spiro atoms. The van der Waals surface area contributed by atoms with Crippen molar-refractivity contribution in [2.75, 3.05) is 30.4 Å². The molecule has 0 radical (unpaired) electrons. The highest BCUT2D eigenvalue weighted by molar-refractivity contribution is 6.11. The van der Waals surface area contributed by atoms with Gasteiger partial charge in [-0.2, -0.15) is 5.10 Å². The van der Waals surface area contributed by atoms with Gasteiger partial charge in [-0.3, -0.25) is 19.4 Å². The normalized spacial score (nSPS) is 16.8. The third-order valence-corrected chi connectivity index (χ3v) is 6.85. The number of aromatic nitrogens is 4. The Balaban J connectivity index is 1.40. The third kappa shape index (κ3) is 4.09. The number of amides is 1. The van der Waals surface area contributed by atoms with Crippen LogP contribution in [-0.4, -0.2) is 51.9 Å². The summed E-state index contributed by atoms with van der Waals surface area (Å²) in [5, 5.41) is 11.2. The summed E-state index contributed by atoms with van der Waals surface area (Å²) in [6.45, 7) is 2.00. The first kappa shape index (κ1) is 23.1. The van der Waals surface area contributed by atoms with Crippen molar-refractivity contribution in [1.82, 2.24) is 25.1 Å². The van der Waals surface area contributed by atoms with Gasteiger partial charge in [0.2, 0.25) is 0 Å². The van der Waals surface area contributed by atoms with Crippen molar-refractivity contribution in [3.63, 3.8) is 0 Å². The smallest absolute Gasteiger partial charge is 0.260 e. The fourth-order valence-electron chi connectivity index (χ4n) is 5.01. The predicted molar refractivity (Wildman–Crippen MR) is 138 cm³/mol. The maximum atomic E-state index is 14.9. The molecule has 3 aromatic heterocycles. The fourth-order valence-corrected chi connectivity index (χ4v) is 5.01. The van der Waals surface area contributed by atoms with Crippen molar-refractivity contribution in [2.24, 2.45) is 7.05 Å². The maximum absolute atomic E-state index is 14.9. The molecule has 10 heteroatoms. The third-order valence-electron chi connectivity index (χ3n) is 6.85. The van der Waals surface area contributed by atoms with Gasteiger partial charge in [0, 0.05) is 54.3 Å². The number of benzene rings is 1. The van der Waals surface area contributed by atoms with Crippen LogP contribution in [0.4, 0.5) is 16.0 Å². The molecule has 37 heavy (non-hydrogen) atoms. The molecule has 1 aromatic carbocycles. The minimum Gasteiger partial charge on any atom is -0.496 e. The average molecular weight is 500 g/mol. The minimum atomic E-state index is -0.457. The van der Waals surface area contributed by atoms with Gasteiger partial charge in [-0.1, -0.05) is 6.07 Å². The highest BCUT2D eigenvalue weighted by Gasteiger charge is 2.34. The molecule has 5 heterocycles. The van der Waals surface area contributed by atoms with E-state index in [4.69, 9.17) is 9.72 Å². The Hall–Kier alpha value is -4.31. The summed E-state index contributed by atoms with van der Waals surface area (Å²) >= 11 is 0. The molecule has 6 rings (SSSR count). The molecule has 0 saturated carbocycles. The second-order valence-corrected chi connectivity index (χ2v) is 9.20. The number of methoxy groups -OCH3 is 1. The van der Waals surface area contributed by atoms with Gasteiger partial charge in [-0.15, -0.1) is 0 Å². The van der Waals surface area contributed by atoms with Crippen LogP contribution in [0.5, 0.6) is 5.75 Å². The molecule has 2 aliphatic heterocycles. The molecular weight excluding hydrogens is 473 g/mol. The van der Waals surface area contributed by atoms with Crippen LogP contribution < -0.4 is 20.3 Å². The number of aryl methyl sites for hydroxylation is 1. The largest absolute Gasteiger partial charge is 0.496 e. The number of fused-ring (bicyclic) bond motifs is 1. The number of nitrogens with zero attached hydrogens (tertiary/aromatic N) is 5. The van der Waals surface area contributed by atoms with E-state index >= 15 is 0 Å². The van der Waals surface area contributed by atoms with Gasteiger partial charge in [0.05, 0.1) is 31.1 Å². The van der Waals surface area contributed by atoms with E-state index in [-0.39, 0.29) is 24.1 Å². The molecule has 0 bridgehead atoms. The lowest BCUT2D eigenvalue weighted by Crippen LogP contribution is -2.26. The summed E-state index contributed by atoms with van der Waals surface area (Å²) in [4.78, 5) is 24.5. The highest BCUT2D eigenvalue weighted by Crippen LogP contribution is 2.39. The Kier molecular flexibility index (Phi) is 5.80. The summed E-state index contributed by atoms with van der Waals surface area (Å²) in [6.07, 6.45) is 6.24. The number of halogens is 1. The van der Waals surface area contributed by atoms with Crippen molar-refractivity contribution in [1.29, 1.82) is 0 Å². The van der Waals surface area contributed by atoms with Crippen LogP contribution in [0.3, 0.4) is 0 Å². The Morgan fingerprint density at radius 2 is 2.08 bits per heavy atom. The molecule has 9 nitrogen and oxygen atoms in total. The summed E-state index contributed by atoms with van der Waals surface area (Å²) in [5.41, 5.74) is 3.60. The van der Waals surface area contributed by atoms with Crippen molar-refractivity contribution < 1.29 is 13.9 Å². The predicted octanol–water partition coefficient (Wildman–Crippen LogP) is 3.63. The number of carbonyl (C=O) groups is 1. The van der Waals surface area contributed by atoms with E-state index in [0.29, 0.717) is 34.2 Å². The second-order valence-electron chi connectivity index (χ2n) is 9.20. The van der Waals surface area contributed by atoms with E-state index in [1.807, 2.05) is 25.4 Å². The van der Waals surface area contributed by atoms with Gasteiger partial charge >= 0.3 is 0 Å². The van der Waals surface area contributed by atoms with Crippen LogP contribution in [0.2, 0.25) is 0 Å². The van der Waals surface area contributed by atoms with Crippen molar-refractivity contribution in [2.45, 2.75) is 19.0 Å². The summed E-state index contributed by atoms with van der Waals surface area (Å²) < 4.78 is 22.1. The Morgan fingerprint density at radius 3 is 2.84 bits per heavy atom. The summed E-state index contributed by atoms with van der Waals surface area (Å²) in [5.74, 6) is 0.902. The van der Waals surface area contributed by atoms with Crippen LogP contribution >= 0.6 is 0 Å². The number of hydrogen-bond donors (Lipinski definition) is 2. The second kappa shape index (κ2) is 9.29. The lowest BCUT2D eigenvalue weighted by atomic mass is 10.0. The monoisotopic (exact) mass is 499 g/mol. The van der Waals surface area contributed by atoms with Gasteiger partial charge in [0.1, 0.15) is 23.2 Å². The zero-order valence-electron chi connectivity index (χ0n) is 20.5. The van der Waals surface area contributed by atoms with Crippen molar-refractivity contribution in [3.8, 4) is 28.1 Å². The quantitative estimate of drug-likeness (QED) is 0.418. The molecule has 2 aliphatic rings. The van der Waals surface area contributed by atoms with Crippen molar-refractivity contribution in [3.05, 3.63) is 71.9 Å². The molecule has 4 aromatic rings. The molecule has 0 aliphatic carbocycles. The maximum Gasteiger partial charge on any atom is 0.260 e. The Labute approximate surface area is 213 Å². The highest BCUT2D eigenvalue weighted by atomic mass is 19.1. The molecule has 1 saturated heterocycles. The molecular formula is C27H26FN7O2. The topological polar surface area (TPSA) is 97.2 Å². The zero-order chi connectivity index (χ0) is 25.5. The first-order chi connectivity index (χ1) is 18.0. The van der Waals surface area contributed by atoms with Crippen LogP contribution in [0, 0.1) is 5.82 Å². The van der Waals surface area contributed by atoms with Crippen LogP contribution in [0.15, 0.2) is 55.0 Å². The standard InChI is InChI=1S/C27H26FN7O2/c1-34-14-16(12-31-34)18-6-7-23(33-26(18)32-17-8-10-29-13-17)35-15-20-19(27(35)36)9-11-30-25(20)24-21(28)4-3-5-22(24)37-2/h3-7,9,11-12,14,17,29H,8,10,13,15H2,1-2H3,(H,32,33)/t17-/m1/s1. The lowest BCUT2D eigenvalue weighted by Gasteiger charge is -2.20. The lowest BCUT2D eigenvalue weighted by molar-refractivity contribution is 0.0996. The van der Waals surface area contributed by atoms with Crippen LogP contribution in [-0.2, 0) is 13.6 Å². The van der Waals surface area contributed by atoms with E-state index in [0.717, 1.165) is 30.6 Å². The van der Waals surface area contributed by atoms with Crippen LogP contribution in [0.25, 0.3) is 22.4 Å². The first-order valence-electron chi connectivity index (χ1n) is 12.1. The van der Waals surface area contributed by atoms with Gasteiger partial charge in [0.15, 0.2) is 0 Å². The molecule has 1 atom stereocenters. The number of pyridine rings is 2. The Morgan fingerprint density at radius 1 is 1.19 bits per heavy atom. The van der Waals surface area contributed by atoms with E-state index in [1.54, 1.807) is 34.0 Å². The van der Waals surface area contributed by atoms with Gasteiger partial charge in [-0.25, -0.2) is 9.37 Å². The van der Waals surface area contributed by atoms with Gasteiger partial charge in [0.25, 0.3) is 5.91 Å². The summed E-state index contributed by atoms with van der Waals surface area (Å²) in [7, 11) is 3.36. The minimum absolute atomic E-state index is 0.205. The van der Waals surface area contributed by atoms with Gasteiger partial charge < -0.3 is 15.4 Å². The zero-order valence-corrected chi connectivity index (χ0v) is 20.5. The van der Waals surface area contributed by atoms with E-state index in [9.17, 15) is 9.18 Å². The number of carbonyl (C=O) groups excluding carboxylic acids is 1. The first-order valence-corrected chi connectivity index (χ1v) is 12.1. The number of hydrogen-bond acceptors (Lipinski definition) is 7. The average Bonchev–Trinajstić information content (AvgIpc) is 3.65.